The molecule has 1 saturated heterocycles. The predicted molar refractivity (Wildman–Crippen MR) is 115 cm³/mol. The van der Waals surface area contributed by atoms with Crippen molar-refractivity contribution in [2.24, 2.45) is 0 Å². The number of amides is 2. The number of rotatable bonds is 4. The summed E-state index contributed by atoms with van der Waals surface area (Å²) in [5.74, 6) is -0.174. The van der Waals surface area contributed by atoms with Crippen LogP contribution < -0.4 is 5.23 Å². The molecule has 3 heterocycles. The first-order chi connectivity index (χ1) is 15.0. The van der Waals surface area contributed by atoms with Gasteiger partial charge in [0, 0.05) is 29.6 Å². The zero-order chi connectivity index (χ0) is 21.7. The van der Waals surface area contributed by atoms with Gasteiger partial charge in [-0.15, -0.1) is 0 Å². The minimum atomic E-state index is -0.606. The number of hydrogen-bond donors (Lipinski definition) is 2. The monoisotopic (exact) mass is 419 g/mol. The lowest BCUT2D eigenvalue weighted by molar-refractivity contribution is -0.158. The summed E-state index contributed by atoms with van der Waals surface area (Å²) in [5, 5.41) is 21.7. The third kappa shape index (κ3) is 3.07. The summed E-state index contributed by atoms with van der Waals surface area (Å²) in [5.41, 5.74) is 3.52. The topological polar surface area (TPSA) is 103 Å². The van der Waals surface area contributed by atoms with Gasteiger partial charge in [0.15, 0.2) is 0 Å². The van der Waals surface area contributed by atoms with E-state index < -0.39 is 12.1 Å². The molecular formula is C23H23N4O4-. The third-order valence-electron chi connectivity index (χ3n) is 6.24. The fourth-order valence-corrected chi connectivity index (χ4v) is 4.94. The maximum absolute atomic E-state index is 13.3. The number of carbonyl (C=O) groups excluding carboxylic acids is 2. The van der Waals surface area contributed by atoms with Gasteiger partial charge in [-0.05, 0) is 35.7 Å². The number of aromatic amines is 1. The highest BCUT2D eigenvalue weighted by Gasteiger charge is 2.48. The second-order valence-corrected chi connectivity index (χ2v) is 8.11. The Morgan fingerprint density at radius 3 is 2.77 bits per heavy atom. The number of fused-ring (bicyclic) bond motifs is 4. The van der Waals surface area contributed by atoms with Crippen molar-refractivity contribution in [2.45, 2.75) is 31.8 Å². The Morgan fingerprint density at radius 2 is 2.00 bits per heavy atom. The van der Waals surface area contributed by atoms with Crippen LogP contribution in [0.4, 0.5) is 5.69 Å². The molecule has 31 heavy (non-hydrogen) atoms. The molecule has 2 atom stereocenters. The summed E-state index contributed by atoms with van der Waals surface area (Å²) in [7, 11) is 0. The molecule has 0 spiro atoms. The quantitative estimate of drug-likeness (QED) is 0.633. The van der Waals surface area contributed by atoms with Crippen molar-refractivity contribution in [3.05, 3.63) is 70.6 Å². The SMILES string of the molecule is CCCN1CC(=O)N2C(c3cccc(N([O-])O)c3)c3[nH]c4ccccc4c3C[C@H]2C1=O. The Morgan fingerprint density at radius 1 is 1.19 bits per heavy atom. The van der Waals surface area contributed by atoms with Crippen LogP contribution in [0, 0.1) is 5.21 Å². The zero-order valence-corrected chi connectivity index (χ0v) is 17.1. The fraction of sp³-hybridized carbons (Fsp3) is 0.304. The van der Waals surface area contributed by atoms with E-state index in [4.69, 9.17) is 0 Å². The van der Waals surface area contributed by atoms with E-state index in [-0.39, 0.29) is 29.3 Å². The van der Waals surface area contributed by atoms with Crippen LogP contribution in [-0.2, 0) is 16.0 Å². The minimum Gasteiger partial charge on any atom is -0.733 e. The fourth-order valence-electron chi connectivity index (χ4n) is 4.94. The number of anilines is 1. The van der Waals surface area contributed by atoms with E-state index in [1.807, 2.05) is 37.3 Å². The number of para-hydroxylation sites is 1. The zero-order valence-electron chi connectivity index (χ0n) is 17.1. The molecule has 0 bridgehead atoms. The number of carbonyl (C=O) groups is 2. The van der Waals surface area contributed by atoms with E-state index >= 15 is 0 Å². The first-order valence-electron chi connectivity index (χ1n) is 10.4. The van der Waals surface area contributed by atoms with E-state index in [0.29, 0.717) is 18.5 Å². The highest BCUT2D eigenvalue weighted by Crippen LogP contribution is 2.43. The Balaban J connectivity index is 1.71. The standard InChI is InChI=1S/C23H23N4O4/c1-2-10-25-13-20(28)26-19(23(25)29)12-17-16-8-3-4-9-18(16)24-21(17)22(26)14-6-5-7-15(11-14)27(30)31/h3-9,11,19,22,24,30H,2,10,12-13H2,1H3/q-1/t19-,22?/m0/s1. The van der Waals surface area contributed by atoms with E-state index in [9.17, 15) is 20.0 Å². The summed E-state index contributed by atoms with van der Waals surface area (Å²) in [6, 6.07) is 13.3. The number of nitrogens with zero attached hydrogens (tertiary/aromatic N) is 3. The number of aromatic nitrogens is 1. The maximum atomic E-state index is 13.3. The van der Waals surface area contributed by atoms with Crippen LogP contribution in [0.25, 0.3) is 10.9 Å². The van der Waals surface area contributed by atoms with Crippen molar-refractivity contribution in [1.82, 2.24) is 14.8 Å². The predicted octanol–water partition coefficient (Wildman–Crippen LogP) is 2.96. The molecule has 1 unspecified atom stereocenters. The molecule has 0 saturated carbocycles. The van der Waals surface area contributed by atoms with E-state index in [1.54, 1.807) is 21.9 Å². The molecule has 0 radical (unpaired) electrons. The summed E-state index contributed by atoms with van der Waals surface area (Å²) in [6.45, 7) is 2.58. The van der Waals surface area contributed by atoms with Crippen molar-refractivity contribution >= 4 is 28.4 Å². The molecule has 2 N–H and O–H groups in total. The van der Waals surface area contributed by atoms with Crippen LogP contribution in [0.1, 0.15) is 36.2 Å². The molecule has 2 aromatic carbocycles. The molecule has 1 aromatic heterocycles. The average Bonchev–Trinajstić information content (AvgIpc) is 3.14. The number of benzene rings is 2. The van der Waals surface area contributed by atoms with Gasteiger partial charge < -0.3 is 25.2 Å². The first kappa shape index (κ1) is 19.6. The van der Waals surface area contributed by atoms with Crippen molar-refractivity contribution in [1.29, 1.82) is 0 Å². The van der Waals surface area contributed by atoms with Crippen LogP contribution in [0.3, 0.4) is 0 Å². The molecule has 2 aliphatic rings. The lowest BCUT2D eigenvalue weighted by Gasteiger charge is -2.47. The Hall–Kier alpha value is -3.36. The van der Waals surface area contributed by atoms with Crippen molar-refractivity contribution in [3.8, 4) is 0 Å². The first-order valence-corrected chi connectivity index (χ1v) is 10.4. The maximum Gasteiger partial charge on any atom is 0.246 e. The van der Waals surface area contributed by atoms with Gasteiger partial charge in [-0.2, -0.15) is 0 Å². The number of hydrogen-bond acceptors (Lipinski definition) is 5. The second-order valence-electron chi connectivity index (χ2n) is 8.11. The number of piperazine rings is 1. The molecule has 1 fully saturated rings. The van der Waals surface area contributed by atoms with Crippen molar-refractivity contribution in [3.63, 3.8) is 0 Å². The molecule has 0 aliphatic carbocycles. The van der Waals surface area contributed by atoms with Gasteiger partial charge in [0.2, 0.25) is 11.8 Å². The second kappa shape index (κ2) is 7.40. The van der Waals surface area contributed by atoms with Crippen molar-refractivity contribution < 1.29 is 14.8 Å². The average molecular weight is 419 g/mol. The molecule has 2 aliphatic heterocycles. The third-order valence-corrected chi connectivity index (χ3v) is 6.24. The van der Waals surface area contributed by atoms with Crippen LogP contribution >= 0.6 is 0 Å². The van der Waals surface area contributed by atoms with E-state index in [0.717, 1.165) is 28.6 Å². The van der Waals surface area contributed by atoms with E-state index in [1.165, 1.54) is 6.07 Å². The lowest BCUT2D eigenvalue weighted by Crippen LogP contribution is -2.63. The number of H-pyrrole nitrogens is 1. The highest BCUT2D eigenvalue weighted by molar-refractivity contribution is 5.97. The number of nitrogens with one attached hydrogen (secondary N) is 1. The summed E-state index contributed by atoms with van der Waals surface area (Å²) in [4.78, 5) is 33.4. The highest BCUT2D eigenvalue weighted by atomic mass is 16.8. The summed E-state index contributed by atoms with van der Waals surface area (Å²) >= 11 is 0. The Labute approximate surface area is 179 Å². The molecule has 160 valence electrons. The molecule has 3 aromatic rings. The largest absolute Gasteiger partial charge is 0.733 e. The minimum absolute atomic E-state index is 0.0443. The van der Waals surface area contributed by atoms with Gasteiger partial charge in [0.25, 0.3) is 0 Å². The molecular weight excluding hydrogens is 396 g/mol. The lowest BCUT2D eigenvalue weighted by atomic mass is 9.86. The van der Waals surface area contributed by atoms with Gasteiger partial charge in [-0.1, -0.05) is 37.3 Å². The normalized spacial score (nSPS) is 20.7. The van der Waals surface area contributed by atoms with Crippen LogP contribution in [0.2, 0.25) is 0 Å². The van der Waals surface area contributed by atoms with Crippen LogP contribution in [-0.4, -0.2) is 50.9 Å². The van der Waals surface area contributed by atoms with Gasteiger partial charge >= 0.3 is 0 Å². The van der Waals surface area contributed by atoms with Crippen LogP contribution in [0.15, 0.2) is 48.5 Å². The Kier molecular flexibility index (Phi) is 4.68. The smallest absolute Gasteiger partial charge is 0.246 e. The molecule has 8 heteroatoms. The van der Waals surface area contributed by atoms with Gasteiger partial charge in [-0.25, -0.2) is 0 Å². The van der Waals surface area contributed by atoms with Gasteiger partial charge in [-0.3, -0.25) is 14.8 Å². The molecule has 2 amide bonds. The summed E-state index contributed by atoms with van der Waals surface area (Å²) < 4.78 is 0. The molecule has 8 nitrogen and oxygen atoms in total. The van der Waals surface area contributed by atoms with Crippen LogP contribution in [0.5, 0.6) is 0 Å². The van der Waals surface area contributed by atoms with Gasteiger partial charge in [0.1, 0.15) is 6.04 Å². The Bertz CT molecular complexity index is 1170. The van der Waals surface area contributed by atoms with Crippen molar-refractivity contribution in [2.75, 3.05) is 18.3 Å². The van der Waals surface area contributed by atoms with E-state index in [2.05, 4.69) is 4.98 Å². The van der Waals surface area contributed by atoms with Gasteiger partial charge in [0.05, 0.1) is 18.3 Å². The summed E-state index contributed by atoms with van der Waals surface area (Å²) in [6.07, 6.45) is 1.22. The molecule has 5 rings (SSSR count).